The van der Waals surface area contributed by atoms with Crippen LogP contribution in [-0.4, -0.2) is 25.0 Å². The predicted molar refractivity (Wildman–Crippen MR) is 89.7 cm³/mol. The van der Waals surface area contributed by atoms with Gasteiger partial charge in [-0.2, -0.15) is 0 Å². The maximum Gasteiger partial charge on any atom is 0.258 e. The zero-order chi connectivity index (χ0) is 18.4. The predicted octanol–water partition coefficient (Wildman–Crippen LogP) is 3.06. The number of amides is 2. The van der Waals surface area contributed by atoms with E-state index in [0.717, 1.165) is 17.7 Å². The van der Waals surface area contributed by atoms with E-state index >= 15 is 0 Å². The first-order chi connectivity index (χ1) is 11.8. The first-order valence-electron chi connectivity index (χ1n) is 7.25. The molecule has 0 heterocycles. The Balaban J connectivity index is 1.76. The van der Waals surface area contributed by atoms with Crippen molar-refractivity contribution in [3.05, 3.63) is 58.6 Å². The highest BCUT2D eigenvalue weighted by Gasteiger charge is 2.09. The van der Waals surface area contributed by atoms with E-state index < -0.39 is 23.4 Å². The van der Waals surface area contributed by atoms with Gasteiger partial charge >= 0.3 is 0 Å². The first kappa shape index (κ1) is 18.7. The summed E-state index contributed by atoms with van der Waals surface area (Å²) in [5.74, 6) is -2.70. The van der Waals surface area contributed by atoms with Crippen LogP contribution >= 0.6 is 11.6 Å². The van der Waals surface area contributed by atoms with Crippen LogP contribution in [0, 0.1) is 18.6 Å². The highest BCUT2D eigenvalue weighted by atomic mass is 35.5. The molecule has 0 saturated carbocycles. The summed E-state index contributed by atoms with van der Waals surface area (Å²) in [5, 5.41) is 5.28. The molecular formula is C17H15ClF2N2O3. The van der Waals surface area contributed by atoms with Crippen molar-refractivity contribution in [1.82, 2.24) is 5.32 Å². The van der Waals surface area contributed by atoms with E-state index in [2.05, 4.69) is 10.6 Å². The summed E-state index contributed by atoms with van der Waals surface area (Å²) in [4.78, 5) is 23.3. The topological polar surface area (TPSA) is 67.4 Å². The molecule has 25 heavy (non-hydrogen) atoms. The van der Waals surface area contributed by atoms with E-state index in [4.69, 9.17) is 16.3 Å². The Morgan fingerprint density at radius 3 is 2.52 bits per heavy atom. The third-order valence-corrected chi connectivity index (χ3v) is 3.57. The van der Waals surface area contributed by atoms with Crippen LogP contribution in [0.1, 0.15) is 5.56 Å². The number of ether oxygens (including phenoxy) is 1. The van der Waals surface area contributed by atoms with Crippen molar-refractivity contribution in [2.45, 2.75) is 6.92 Å². The van der Waals surface area contributed by atoms with E-state index in [1.54, 1.807) is 25.1 Å². The van der Waals surface area contributed by atoms with E-state index in [9.17, 15) is 18.4 Å². The molecule has 2 N–H and O–H groups in total. The number of halogens is 3. The molecular weight excluding hydrogens is 354 g/mol. The van der Waals surface area contributed by atoms with Crippen molar-refractivity contribution in [1.29, 1.82) is 0 Å². The monoisotopic (exact) mass is 368 g/mol. The van der Waals surface area contributed by atoms with Gasteiger partial charge in [-0.3, -0.25) is 9.59 Å². The van der Waals surface area contributed by atoms with Crippen LogP contribution in [0.25, 0.3) is 0 Å². The van der Waals surface area contributed by atoms with Gasteiger partial charge < -0.3 is 15.4 Å². The van der Waals surface area contributed by atoms with Gasteiger partial charge in [-0.15, -0.1) is 0 Å². The van der Waals surface area contributed by atoms with E-state index in [-0.39, 0.29) is 18.8 Å². The lowest BCUT2D eigenvalue weighted by Crippen LogP contribution is -2.35. The molecule has 0 atom stereocenters. The van der Waals surface area contributed by atoms with Crippen LogP contribution in [0.15, 0.2) is 36.4 Å². The summed E-state index contributed by atoms with van der Waals surface area (Å²) in [6, 6.07) is 7.92. The van der Waals surface area contributed by atoms with Crippen molar-refractivity contribution in [3.8, 4) is 5.75 Å². The smallest absolute Gasteiger partial charge is 0.258 e. The van der Waals surface area contributed by atoms with Gasteiger partial charge in [0.2, 0.25) is 5.91 Å². The number of carbonyl (C=O) groups excluding carboxylic acids is 2. The summed E-state index contributed by atoms with van der Waals surface area (Å²) in [5.41, 5.74) is 0.900. The van der Waals surface area contributed by atoms with Gasteiger partial charge in [0.1, 0.15) is 5.75 Å². The average molecular weight is 369 g/mol. The largest absolute Gasteiger partial charge is 0.484 e. The molecule has 2 rings (SSSR count). The average Bonchev–Trinajstić information content (AvgIpc) is 2.57. The summed E-state index contributed by atoms with van der Waals surface area (Å²) in [6.07, 6.45) is 0. The highest BCUT2D eigenvalue weighted by Crippen LogP contribution is 2.20. The number of hydrogen-bond acceptors (Lipinski definition) is 3. The number of carbonyl (C=O) groups is 2. The summed E-state index contributed by atoms with van der Waals surface area (Å²) >= 11 is 5.89. The van der Waals surface area contributed by atoms with Gasteiger partial charge in [0.15, 0.2) is 18.2 Å². The number of nitrogens with one attached hydrogen (secondary N) is 2. The van der Waals surface area contributed by atoms with Crippen molar-refractivity contribution in [3.63, 3.8) is 0 Å². The minimum absolute atomic E-state index is 0.0889. The lowest BCUT2D eigenvalue weighted by Gasteiger charge is -2.09. The molecule has 0 saturated heterocycles. The molecule has 0 radical (unpaired) electrons. The minimum Gasteiger partial charge on any atom is -0.484 e. The Hall–Kier alpha value is -2.67. The van der Waals surface area contributed by atoms with Crippen LogP contribution in [0.2, 0.25) is 5.02 Å². The van der Waals surface area contributed by atoms with Gasteiger partial charge in [0.05, 0.1) is 6.54 Å². The number of anilines is 1. The SMILES string of the molecule is Cc1cc(OCC(=O)NCC(=O)Nc2ccc(F)c(F)c2)ccc1Cl. The molecule has 2 aromatic rings. The second kappa shape index (κ2) is 8.43. The number of rotatable bonds is 6. The molecule has 0 aliphatic carbocycles. The number of hydrogen-bond donors (Lipinski definition) is 2. The Kier molecular flexibility index (Phi) is 6.30. The lowest BCUT2D eigenvalue weighted by atomic mass is 10.2. The van der Waals surface area contributed by atoms with Crippen LogP contribution in [0.3, 0.4) is 0 Å². The maximum atomic E-state index is 13.0. The fourth-order valence-corrected chi connectivity index (χ4v) is 1.98. The zero-order valence-electron chi connectivity index (χ0n) is 13.2. The second-order valence-corrected chi connectivity index (χ2v) is 5.56. The fourth-order valence-electron chi connectivity index (χ4n) is 1.86. The summed E-state index contributed by atoms with van der Waals surface area (Å²) in [7, 11) is 0. The van der Waals surface area contributed by atoms with E-state index in [0.29, 0.717) is 10.8 Å². The molecule has 2 aromatic carbocycles. The molecule has 0 spiro atoms. The maximum absolute atomic E-state index is 13.0. The van der Waals surface area contributed by atoms with Crippen molar-refractivity contribution < 1.29 is 23.1 Å². The standard InChI is InChI=1S/C17H15ClF2N2O3/c1-10-6-12(3-4-13(10)18)25-9-17(24)21-8-16(23)22-11-2-5-14(19)15(20)7-11/h2-7H,8-9H2,1H3,(H,21,24)(H,22,23). The molecule has 0 bridgehead atoms. The fraction of sp³-hybridized carbons (Fsp3) is 0.176. The Morgan fingerprint density at radius 2 is 1.84 bits per heavy atom. The molecule has 0 aliphatic rings. The highest BCUT2D eigenvalue weighted by molar-refractivity contribution is 6.31. The lowest BCUT2D eigenvalue weighted by molar-refractivity contribution is -0.125. The number of benzene rings is 2. The van der Waals surface area contributed by atoms with Gasteiger partial charge in [-0.1, -0.05) is 11.6 Å². The van der Waals surface area contributed by atoms with Crippen LogP contribution in [-0.2, 0) is 9.59 Å². The Labute approximate surface area is 147 Å². The molecule has 8 heteroatoms. The molecule has 2 amide bonds. The van der Waals surface area contributed by atoms with Gasteiger partial charge in [-0.05, 0) is 42.8 Å². The number of aryl methyl sites for hydroxylation is 1. The normalized spacial score (nSPS) is 10.2. The van der Waals surface area contributed by atoms with Crippen LogP contribution in [0.5, 0.6) is 5.75 Å². The Bertz CT molecular complexity index is 799. The van der Waals surface area contributed by atoms with Crippen molar-refractivity contribution in [2.24, 2.45) is 0 Å². The second-order valence-electron chi connectivity index (χ2n) is 5.15. The van der Waals surface area contributed by atoms with Gasteiger partial charge in [-0.25, -0.2) is 8.78 Å². The minimum atomic E-state index is -1.08. The zero-order valence-corrected chi connectivity index (χ0v) is 14.0. The van der Waals surface area contributed by atoms with Gasteiger partial charge in [0.25, 0.3) is 5.91 Å². The third kappa shape index (κ3) is 5.72. The van der Waals surface area contributed by atoms with Crippen molar-refractivity contribution in [2.75, 3.05) is 18.5 Å². The molecule has 0 aromatic heterocycles. The van der Waals surface area contributed by atoms with Crippen LogP contribution in [0.4, 0.5) is 14.5 Å². The van der Waals surface area contributed by atoms with Crippen molar-refractivity contribution >= 4 is 29.1 Å². The molecule has 0 unspecified atom stereocenters. The quantitative estimate of drug-likeness (QED) is 0.823. The van der Waals surface area contributed by atoms with E-state index in [1.165, 1.54) is 6.07 Å². The van der Waals surface area contributed by atoms with E-state index in [1.807, 2.05) is 0 Å². The molecule has 0 fully saturated rings. The summed E-state index contributed by atoms with van der Waals surface area (Å²) in [6.45, 7) is 1.19. The Morgan fingerprint density at radius 1 is 1.08 bits per heavy atom. The van der Waals surface area contributed by atoms with Gasteiger partial charge in [0, 0.05) is 16.8 Å². The first-order valence-corrected chi connectivity index (χ1v) is 7.63. The third-order valence-electron chi connectivity index (χ3n) is 3.15. The molecule has 132 valence electrons. The molecule has 5 nitrogen and oxygen atoms in total. The van der Waals surface area contributed by atoms with Crippen LogP contribution < -0.4 is 15.4 Å². The summed E-state index contributed by atoms with van der Waals surface area (Å²) < 4.78 is 31.1. The molecule has 0 aliphatic heterocycles.